The molecule has 0 radical (unpaired) electrons. The first-order valence-electron chi connectivity index (χ1n) is 11.0. The topological polar surface area (TPSA) is 114 Å². The summed E-state index contributed by atoms with van der Waals surface area (Å²) < 4.78 is 32.6. The predicted octanol–water partition coefficient (Wildman–Crippen LogP) is 1.95. The van der Waals surface area contributed by atoms with Crippen molar-refractivity contribution < 1.29 is 27.9 Å². The van der Waals surface area contributed by atoms with Crippen LogP contribution in [-0.4, -0.2) is 49.6 Å². The van der Waals surface area contributed by atoms with E-state index in [0.717, 1.165) is 32.1 Å². The number of hydrogen-bond acceptors (Lipinski definition) is 5. The van der Waals surface area contributed by atoms with E-state index in [0.29, 0.717) is 24.1 Å². The standard InChI is InChI=1S/C22H28F2N4O4/c23-20(24)15-10-14(28-8-9-32-11-17(28)29)6-7-16(15)26-22(31)19(21(25)30)27-18(13-4-5-13)12-2-1-3-12/h6-7,10,12-13,18-20,27H,1-5,8-9,11H2,(H2,25,30)(H,26,31)/t18?,19-/m1/s1. The van der Waals surface area contributed by atoms with Crippen LogP contribution < -0.4 is 21.3 Å². The van der Waals surface area contributed by atoms with Gasteiger partial charge in [-0.1, -0.05) is 6.42 Å². The van der Waals surface area contributed by atoms with Gasteiger partial charge >= 0.3 is 0 Å². The maximum absolute atomic E-state index is 13.8. The van der Waals surface area contributed by atoms with Gasteiger partial charge in [0, 0.05) is 29.5 Å². The summed E-state index contributed by atoms with van der Waals surface area (Å²) in [5.74, 6) is -1.12. The third-order valence-corrected chi connectivity index (χ3v) is 6.52. The number of carbonyl (C=O) groups excluding carboxylic acids is 3. The van der Waals surface area contributed by atoms with Crippen LogP contribution in [0, 0.1) is 11.8 Å². The Labute approximate surface area is 184 Å². The molecule has 32 heavy (non-hydrogen) atoms. The molecular formula is C22H28F2N4O4. The van der Waals surface area contributed by atoms with Crippen molar-refractivity contribution in [2.75, 3.05) is 30.0 Å². The lowest BCUT2D eigenvalue weighted by Gasteiger charge is -2.36. The van der Waals surface area contributed by atoms with E-state index >= 15 is 0 Å². The number of halogens is 2. The Kier molecular flexibility index (Phi) is 6.71. The Morgan fingerprint density at radius 2 is 1.88 bits per heavy atom. The summed E-state index contributed by atoms with van der Waals surface area (Å²) in [6.07, 6.45) is 2.39. The van der Waals surface area contributed by atoms with Gasteiger partial charge in [0.15, 0.2) is 6.04 Å². The molecule has 1 aromatic rings. The quantitative estimate of drug-likeness (QED) is 0.498. The molecule has 8 nitrogen and oxygen atoms in total. The molecule has 2 aliphatic carbocycles. The number of nitrogens with one attached hydrogen (secondary N) is 2. The van der Waals surface area contributed by atoms with Gasteiger partial charge in [0.1, 0.15) is 6.61 Å². The van der Waals surface area contributed by atoms with Gasteiger partial charge in [0.05, 0.1) is 6.61 Å². The predicted molar refractivity (Wildman–Crippen MR) is 113 cm³/mol. The zero-order valence-electron chi connectivity index (χ0n) is 17.7. The highest BCUT2D eigenvalue weighted by Gasteiger charge is 2.42. The van der Waals surface area contributed by atoms with Crippen molar-refractivity contribution in [1.29, 1.82) is 0 Å². The lowest BCUT2D eigenvalue weighted by Crippen LogP contribution is -2.56. The minimum absolute atomic E-state index is 0.0243. The van der Waals surface area contributed by atoms with Gasteiger partial charge < -0.3 is 20.7 Å². The zero-order chi connectivity index (χ0) is 22.8. The monoisotopic (exact) mass is 450 g/mol. The van der Waals surface area contributed by atoms with Crippen molar-refractivity contribution in [3.8, 4) is 0 Å². The van der Waals surface area contributed by atoms with Crippen LogP contribution in [0.4, 0.5) is 20.2 Å². The molecule has 3 fully saturated rings. The van der Waals surface area contributed by atoms with Crippen molar-refractivity contribution in [2.24, 2.45) is 17.6 Å². The Balaban J connectivity index is 1.51. The second-order valence-corrected chi connectivity index (χ2v) is 8.72. The van der Waals surface area contributed by atoms with Crippen molar-refractivity contribution in [1.82, 2.24) is 5.32 Å². The molecule has 3 aliphatic rings. The molecule has 4 N–H and O–H groups in total. The van der Waals surface area contributed by atoms with Crippen molar-refractivity contribution in [3.63, 3.8) is 0 Å². The summed E-state index contributed by atoms with van der Waals surface area (Å²) in [5.41, 5.74) is 5.24. The first-order valence-corrected chi connectivity index (χ1v) is 11.0. The summed E-state index contributed by atoms with van der Waals surface area (Å²) in [7, 11) is 0. The van der Waals surface area contributed by atoms with Crippen LogP contribution in [0.25, 0.3) is 0 Å². The van der Waals surface area contributed by atoms with E-state index in [2.05, 4.69) is 10.6 Å². The lowest BCUT2D eigenvalue weighted by molar-refractivity contribution is -0.128. The fourth-order valence-corrected chi connectivity index (χ4v) is 4.40. The largest absolute Gasteiger partial charge is 0.370 e. The Bertz CT molecular complexity index is 889. The van der Waals surface area contributed by atoms with Gasteiger partial charge in [0.25, 0.3) is 18.2 Å². The minimum Gasteiger partial charge on any atom is -0.370 e. The Morgan fingerprint density at radius 1 is 1.16 bits per heavy atom. The fourth-order valence-electron chi connectivity index (χ4n) is 4.40. The third-order valence-electron chi connectivity index (χ3n) is 6.52. The zero-order valence-corrected chi connectivity index (χ0v) is 17.7. The number of rotatable bonds is 9. The van der Waals surface area contributed by atoms with E-state index < -0.39 is 29.8 Å². The van der Waals surface area contributed by atoms with E-state index in [1.165, 1.54) is 23.1 Å². The molecule has 2 atom stereocenters. The van der Waals surface area contributed by atoms with Crippen molar-refractivity contribution in [2.45, 2.75) is 50.6 Å². The van der Waals surface area contributed by atoms with Crippen LogP contribution in [0.15, 0.2) is 18.2 Å². The molecule has 0 spiro atoms. The number of morpholine rings is 1. The molecule has 0 aromatic heterocycles. The molecular weight excluding hydrogens is 422 g/mol. The van der Waals surface area contributed by atoms with Gasteiger partial charge in [-0.05, 0) is 55.7 Å². The van der Waals surface area contributed by atoms with Crippen molar-refractivity contribution >= 4 is 29.1 Å². The highest BCUT2D eigenvalue weighted by Crippen LogP contribution is 2.42. The van der Waals surface area contributed by atoms with Crippen LogP contribution >= 0.6 is 0 Å². The number of anilines is 2. The summed E-state index contributed by atoms with van der Waals surface area (Å²) in [5, 5.41) is 5.56. The normalized spacial score (nSPS) is 21.2. The van der Waals surface area contributed by atoms with Crippen LogP contribution in [0.3, 0.4) is 0 Å². The molecule has 1 unspecified atom stereocenters. The van der Waals surface area contributed by atoms with E-state index in [1.807, 2.05) is 0 Å². The summed E-state index contributed by atoms with van der Waals surface area (Å²) in [6.45, 7) is 0.450. The Morgan fingerprint density at radius 3 is 2.44 bits per heavy atom. The third kappa shape index (κ3) is 4.91. The highest BCUT2D eigenvalue weighted by molar-refractivity contribution is 6.10. The smallest absolute Gasteiger partial charge is 0.265 e. The van der Waals surface area contributed by atoms with Crippen LogP contribution in [0.2, 0.25) is 0 Å². The first-order chi connectivity index (χ1) is 15.3. The average molecular weight is 450 g/mol. The second kappa shape index (κ2) is 9.50. The number of ether oxygens (including phenoxy) is 1. The first kappa shape index (κ1) is 22.6. The van der Waals surface area contributed by atoms with Crippen LogP contribution in [-0.2, 0) is 19.1 Å². The van der Waals surface area contributed by atoms with Gasteiger partial charge in [-0.3, -0.25) is 19.7 Å². The molecule has 1 aliphatic heterocycles. The maximum Gasteiger partial charge on any atom is 0.265 e. The SMILES string of the molecule is NC(=O)[C@@H](NC(C1CCC1)C1CC1)C(=O)Nc1ccc(N2CCOCC2=O)cc1C(F)F. The molecule has 1 aromatic carbocycles. The molecule has 2 saturated carbocycles. The number of carbonyl (C=O) groups is 3. The summed E-state index contributed by atoms with van der Waals surface area (Å²) in [6, 6.07) is 2.69. The van der Waals surface area contributed by atoms with Gasteiger partial charge in [-0.2, -0.15) is 0 Å². The number of nitrogens with two attached hydrogens (primary N) is 1. The Hall–Kier alpha value is -2.59. The number of hydrogen-bond donors (Lipinski definition) is 3. The number of benzene rings is 1. The molecule has 1 saturated heterocycles. The lowest BCUT2D eigenvalue weighted by atomic mass is 9.77. The molecule has 10 heteroatoms. The van der Waals surface area contributed by atoms with E-state index in [4.69, 9.17) is 10.5 Å². The fraction of sp³-hybridized carbons (Fsp3) is 0.591. The van der Waals surface area contributed by atoms with Gasteiger partial charge in [-0.15, -0.1) is 0 Å². The summed E-state index contributed by atoms with van der Waals surface area (Å²) >= 11 is 0. The van der Waals surface area contributed by atoms with Gasteiger partial charge in [-0.25, -0.2) is 8.78 Å². The van der Waals surface area contributed by atoms with E-state index in [9.17, 15) is 23.2 Å². The molecule has 4 rings (SSSR count). The van der Waals surface area contributed by atoms with Gasteiger partial charge in [0.2, 0.25) is 5.91 Å². The molecule has 174 valence electrons. The van der Waals surface area contributed by atoms with Crippen LogP contribution in [0.1, 0.15) is 44.1 Å². The molecule has 0 bridgehead atoms. The maximum atomic E-state index is 13.8. The molecule has 3 amide bonds. The summed E-state index contributed by atoms with van der Waals surface area (Å²) in [4.78, 5) is 38.3. The average Bonchev–Trinajstić information content (AvgIpc) is 3.55. The van der Waals surface area contributed by atoms with Crippen LogP contribution in [0.5, 0.6) is 0 Å². The number of nitrogens with zero attached hydrogens (tertiary/aromatic N) is 1. The highest BCUT2D eigenvalue weighted by atomic mass is 19.3. The number of primary amides is 1. The second-order valence-electron chi connectivity index (χ2n) is 8.72. The van der Waals surface area contributed by atoms with E-state index in [1.54, 1.807) is 0 Å². The minimum atomic E-state index is -2.89. The van der Waals surface area contributed by atoms with E-state index in [-0.39, 0.29) is 30.8 Å². The van der Waals surface area contributed by atoms with Crippen molar-refractivity contribution in [3.05, 3.63) is 23.8 Å². The molecule has 1 heterocycles. The number of alkyl halides is 2. The number of amides is 3.